The standard InChI is InChI=1S/C22H30N6O/c1-15-10-17-20(26(15)5)21(24-13-23-17)27-8-6-16(7-9-27)12-28-14-25-18(11-19(28)29)22(2,3)4/h10-11,13-14,16H,6-9,12H2,1-5H3. The molecule has 1 aliphatic heterocycles. The summed E-state index contributed by atoms with van der Waals surface area (Å²) >= 11 is 0. The lowest BCUT2D eigenvalue weighted by Crippen LogP contribution is -2.37. The van der Waals surface area contributed by atoms with Gasteiger partial charge in [-0.05, 0) is 31.7 Å². The molecule has 1 aliphatic rings. The molecule has 0 bridgehead atoms. The fourth-order valence-electron chi connectivity index (χ4n) is 4.09. The van der Waals surface area contributed by atoms with Crippen molar-refractivity contribution in [2.24, 2.45) is 13.0 Å². The van der Waals surface area contributed by atoms with Crippen LogP contribution in [-0.4, -0.2) is 37.2 Å². The van der Waals surface area contributed by atoms with Crippen LogP contribution in [0.15, 0.2) is 29.6 Å². The SMILES string of the molecule is Cc1cc2ncnc(N3CCC(Cn4cnc(C(C)(C)C)cc4=O)CC3)c2n1C. The number of fused-ring (bicyclic) bond motifs is 1. The van der Waals surface area contributed by atoms with Gasteiger partial charge in [0.15, 0.2) is 5.82 Å². The molecule has 1 saturated heterocycles. The molecule has 0 spiro atoms. The predicted octanol–water partition coefficient (Wildman–Crippen LogP) is 3.05. The zero-order valence-corrected chi connectivity index (χ0v) is 18.0. The number of aromatic nitrogens is 5. The van der Waals surface area contributed by atoms with Crippen molar-refractivity contribution in [1.82, 2.24) is 24.1 Å². The Hall–Kier alpha value is -2.70. The van der Waals surface area contributed by atoms with Crippen molar-refractivity contribution < 1.29 is 0 Å². The topological polar surface area (TPSA) is 68.8 Å². The fraction of sp³-hybridized carbons (Fsp3) is 0.545. The van der Waals surface area contributed by atoms with Gasteiger partial charge < -0.3 is 9.47 Å². The van der Waals surface area contributed by atoms with E-state index in [4.69, 9.17) is 0 Å². The number of nitrogens with zero attached hydrogens (tertiary/aromatic N) is 6. The third kappa shape index (κ3) is 3.78. The van der Waals surface area contributed by atoms with Gasteiger partial charge in [-0.2, -0.15) is 0 Å². The Bertz CT molecular complexity index is 1080. The van der Waals surface area contributed by atoms with Gasteiger partial charge in [-0.3, -0.25) is 9.36 Å². The molecule has 0 unspecified atom stereocenters. The van der Waals surface area contributed by atoms with Crippen LogP contribution in [0.2, 0.25) is 0 Å². The van der Waals surface area contributed by atoms with Crippen LogP contribution in [0, 0.1) is 12.8 Å². The van der Waals surface area contributed by atoms with E-state index in [0.717, 1.165) is 55.0 Å². The molecule has 1 fully saturated rings. The first-order valence-corrected chi connectivity index (χ1v) is 10.3. The van der Waals surface area contributed by atoms with E-state index < -0.39 is 0 Å². The van der Waals surface area contributed by atoms with E-state index in [1.165, 1.54) is 5.69 Å². The number of hydrogen-bond acceptors (Lipinski definition) is 5. The summed E-state index contributed by atoms with van der Waals surface area (Å²) in [5.41, 5.74) is 4.06. The molecule has 0 aliphatic carbocycles. The minimum absolute atomic E-state index is 0.0455. The number of rotatable bonds is 3. The second kappa shape index (κ2) is 7.28. The van der Waals surface area contributed by atoms with Gasteiger partial charge in [-0.1, -0.05) is 20.8 Å². The summed E-state index contributed by atoms with van der Waals surface area (Å²) in [6.07, 6.45) is 5.44. The molecule has 7 heteroatoms. The van der Waals surface area contributed by atoms with Gasteiger partial charge in [0.1, 0.15) is 11.8 Å². The monoisotopic (exact) mass is 394 g/mol. The van der Waals surface area contributed by atoms with Crippen molar-refractivity contribution in [2.45, 2.75) is 52.5 Å². The zero-order valence-electron chi connectivity index (χ0n) is 18.0. The number of piperidine rings is 1. The molecule has 7 nitrogen and oxygen atoms in total. The molecule has 0 saturated carbocycles. The molecule has 4 rings (SSSR count). The first-order valence-electron chi connectivity index (χ1n) is 10.3. The van der Waals surface area contributed by atoms with E-state index in [1.807, 2.05) is 0 Å². The van der Waals surface area contributed by atoms with Crippen molar-refractivity contribution in [1.29, 1.82) is 0 Å². The maximum Gasteiger partial charge on any atom is 0.253 e. The summed E-state index contributed by atoms with van der Waals surface area (Å²) in [7, 11) is 2.07. The van der Waals surface area contributed by atoms with Crippen LogP contribution in [0.5, 0.6) is 0 Å². The second-order valence-electron chi connectivity index (χ2n) is 9.22. The Kier molecular flexibility index (Phi) is 4.92. The Balaban J connectivity index is 1.46. The molecule has 154 valence electrons. The van der Waals surface area contributed by atoms with E-state index in [0.29, 0.717) is 5.92 Å². The van der Waals surface area contributed by atoms with Gasteiger partial charge in [0.2, 0.25) is 0 Å². The largest absolute Gasteiger partial charge is 0.355 e. The van der Waals surface area contributed by atoms with Crippen LogP contribution >= 0.6 is 0 Å². The van der Waals surface area contributed by atoms with Crippen LogP contribution in [0.25, 0.3) is 11.0 Å². The normalized spacial score (nSPS) is 16.0. The summed E-state index contributed by atoms with van der Waals surface area (Å²) in [4.78, 5) is 28.4. The molecule has 3 aromatic rings. The molecule has 29 heavy (non-hydrogen) atoms. The molecule has 0 radical (unpaired) electrons. The lowest BCUT2D eigenvalue weighted by atomic mass is 9.92. The lowest BCUT2D eigenvalue weighted by molar-refractivity contribution is 0.349. The van der Waals surface area contributed by atoms with Crippen molar-refractivity contribution in [3.8, 4) is 0 Å². The van der Waals surface area contributed by atoms with Crippen molar-refractivity contribution in [3.05, 3.63) is 46.5 Å². The first-order chi connectivity index (χ1) is 13.7. The summed E-state index contributed by atoms with van der Waals surface area (Å²) in [6, 6.07) is 3.79. The summed E-state index contributed by atoms with van der Waals surface area (Å²) in [5.74, 6) is 1.48. The number of hydrogen-bond donors (Lipinski definition) is 0. The van der Waals surface area contributed by atoms with Gasteiger partial charge in [-0.15, -0.1) is 0 Å². The fourth-order valence-corrected chi connectivity index (χ4v) is 4.09. The van der Waals surface area contributed by atoms with Gasteiger partial charge in [-0.25, -0.2) is 15.0 Å². The van der Waals surface area contributed by atoms with Gasteiger partial charge >= 0.3 is 0 Å². The molecule has 0 atom stereocenters. The van der Waals surface area contributed by atoms with Crippen LogP contribution < -0.4 is 10.5 Å². The molecule has 4 heterocycles. The molecule has 3 aromatic heterocycles. The Labute approximate surface area is 171 Å². The zero-order chi connectivity index (χ0) is 20.8. The van der Waals surface area contributed by atoms with Crippen LogP contribution in [0.1, 0.15) is 45.0 Å². The van der Waals surface area contributed by atoms with E-state index in [2.05, 4.69) is 65.2 Å². The Morgan fingerprint density at radius 1 is 1.10 bits per heavy atom. The minimum Gasteiger partial charge on any atom is -0.355 e. The van der Waals surface area contributed by atoms with Gasteiger partial charge in [0, 0.05) is 43.9 Å². The highest BCUT2D eigenvalue weighted by Gasteiger charge is 2.24. The first kappa shape index (κ1) is 19.6. The molecule has 0 amide bonds. The Morgan fingerprint density at radius 3 is 2.48 bits per heavy atom. The highest BCUT2D eigenvalue weighted by Crippen LogP contribution is 2.29. The highest BCUT2D eigenvalue weighted by molar-refractivity contribution is 5.87. The number of aryl methyl sites for hydroxylation is 2. The minimum atomic E-state index is -0.109. The third-order valence-electron chi connectivity index (χ3n) is 6.06. The lowest BCUT2D eigenvalue weighted by Gasteiger charge is -2.33. The molecular formula is C22H30N6O. The van der Waals surface area contributed by atoms with E-state index in [-0.39, 0.29) is 11.0 Å². The van der Waals surface area contributed by atoms with Gasteiger partial charge in [0.25, 0.3) is 5.56 Å². The maximum absolute atomic E-state index is 12.5. The molecular weight excluding hydrogens is 364 g/mol. The van der Waals surface area contributed by atoms with Crippen LogP contribution in [-0.2, 0) is 19.0 Å². The summed E-state index contributed by atoms with van der Waals surface area (Å²) in [6.45, 7) is 10.9. The quantitative estimate of drug-likeness (QED) is 0.683. The van der Waals surface area contributed by atoms with E-state index in [9.17, 15) is 4.79 Å². The number of anilines is 1. The maximum atomic E-state index is 12.5. The molecule has 0 N–H and O–H groups in total. The second-order valence-corrected chi connectivity index (χ2v) is 9.22. The van der Waals surface area contributed by atoms with Crippen molar-refractivity contribution in [2.75, 3.05) is 18.0 Å². The summed E-state index contributed by atoms with van der Waals surface area (Å²) in [5, 5.41) is 0. The Morgan fingerprint density at radius 2 is 1.83 bits per heavy atom. The van der Waals surface area contributed by atoms with Crippen molar-refractivity contribution in [3.63, 3.8) is 0 Å². The van der Waals surface area contributed by atoms with E-state index >= 15 is 0 Å². The van der Waals surface area contributed by atoms with Crippen molar-refractivity contribution >= 4 is 16.9 Å². The molecule has 0 aromatic carbocycles. The van der Waals surface area contributed by atoms with Crippen LogP contribution in [0.4, 0.5) is 5.82 Å². The average molecular weight is 395 g/mol. The smallest absolute Gasteiger partial charge is 0.253 e. The predicted molar refractivity (Wildman–Crippen MR) is 115 cm³/mol. The highest BCUT2D eigenvalue weighted by atomic mass is 16.1. The third-order valence-corrected chi connectivity index (χ3v) is 6.06. The summed E-state index contributed by atoms with van der Waals surface area (Å²) < 4.78 is 3.93. The van der Waals surface area contributed by atoms with E-state index in [1.54, 1.807) is 23.3 Å². The van der Waals surface area contributed by atoms with Gasteiger partial charge in [0.05, 0.1) is 17.5 Å². The van der Waals surface area contributed by atoms with Crippen LogP contribution in [0.3, 0.4) is 0 Å². The average Bonchev–Trinajstić information content (AvgIpc) is 2.97.